The van der Waals surface area contributed by atoms with E-state index < -0.39 is 16.0 Å². The zero-order valence-corrected chi connectivity index (χ0v) is 12.7. The molecule has 9 nitrogen and oxygen atoms in total. The number of ether oxygens (including phenoxy) is 1. The van der Waals surface area contributed by atoms with Crippen LogP contribution in [0.1, 0.15) is 22.2 Å². The number of carboxylic acids is 1. The van der Waals surface area contributed by atoms with Crippen molar-refractivity contribution in [3.05, 3.63) is 15.8 Å². The van der Waals surface area contributed by atoms with Gasteiger partial charge < -0.3 is 9.84 Å². The number of aromatic amines is 1. The first-order valence-corrected chi connectivity index (χ1v) is 8.10. The molecule has 0 spiro atoms. The summed E-state index contributed by atoms with van der Waals surface area (Å²) in [4.78, 5) is 14.3. The highest BCUT2D eigenvalue weighted by Crippen LogP contribution is 2.28. The molecular weight excluding hydrogens is 320 g/mol. The fourth-order valence-corrected chi connectivity index (χ4v) is 4.17. The fraction of sp³-hybridized carbons (Fsp3) is 0.300. The Morgan fingerprint density at radius 2 is 2.29 bits per heavy atom. The highest BCUT2D eigenvalue weighted by Gasteiger charge is 2.27. The van der Waals surface area contributed by atoms with Crippen LogP contribution in [0.4, 0.5) is 5.95 Å². The van der Waals surface area contributed by atoms with Crippen LogP contribution in [-0.4, -0.2) is 41.3 Å². The number of carbonyl (C=O) groups is 1. The van der Waals surface area contributed by atoms with Gasteiger partial charge in [0.25, 0.3) is 10.0 Å². The summed E-state index contributed by atoms with van der Waals surface area (Å²) < 4.78 is 31.7. The molecule has 0 atom stereocenters. The van der Waals surface area contributed by atoms with E-state index >= 15 is 0 Å². The molecule has 21 heavy (non-hydrogen) atoms. The van der Waals surface area contributed by atoms with Crippen molar-refractivity contribution in [2.24, 2.45) is 0 Å². The lowest BCUT2D eigenvalue weighted by Gasteiger charge is -2.05. The van der Waals surface area contributed by atoms with E-state index in [0.29, 0.717) is 12.2 Å². The van der Waals surface area contributed by atoms with Crippen molar-refractivity contribution in [2.45, 2.75) is 18.7 Å². The van der Waals surface area contributed by atoms with Gasteiger partial charge in [0, 0.05) is 0 Å². The predicted octanol–water partition coefficient (Wildman–Crippen LogP) is 1.07. The fourth-order valence-electron chi connectivity index (χ4n) is 1.58. The molecule has 2 aromatic heterocycles. The number of aromatic carboxylic acids is 1. The summed E-state index contributed by atoms with van der Waals surface area (Å²) >= 11 is 0.845. The molecule has 11 heteroatoms. The molecule has 0 aliphatic rings. The maximum atomic E-state index is 12.3. The zero-order chi connectivity index (χ0) is 15.6. The standard InChI is InChI=1S/C10H12N4O5S2/c1-3-19-10-11-9(12-13-10)14-21(17,18)7-5(2)4-20-6(7)8(15)16/h4H,3H2,1-2H3,(H,15,16)(H2,11,12,13,14). The lowest BCUT2D eigenvalue weighted by Crippen LogP contribution is -2.17. The number of sulfonamides is 1. The summed E-state index contributed by atoms with van der Waals surface area (Å²) in [6.45, 7) is 3.58. The van der Waals surface area contributed by atoms with E-state index in [1.165, 1.54) is 12.3 Å². The van der Waals surface area contributed by atoms with Crippen molar-refractivity contribution in [3.63, 3.8) is 0 Å². The quantitative estimate of drug-likeness (QED) is 0.720. The van der Waals surface area contributed by atoms with Crippen molar-refractivity contribution in [3.8, 4) is 6.01 Å². The second kappa shape index (κ2) is 5.69. The lowest BCUT2D eigenvalue weighted by atomic mass is 10.3. The topological polar surface area (TPSA) is 134 Å². The highest BCUT2D eigenvalue weighted by molar-refractivity contribution is 7.93. The molecule has 0 bridgehead atoms. The molecule has 0 aliphatic heterocycles. The van der Waals surface area contributed by atoms with Crippen LogP contribution in [0, 0.1) is 6.92 Å². The summed E-state index contributed by atoms with van der Waals surface area (Å²) in [5.41, 5.74) is 0.342. The smallest absolute Gasteiger partial charge is 0.347 e. The van der Waals surface area contributed by atoms with Gasteiger partial charge in [-0.15, -0.1) is 16.4 Å². The zero-order valence-electron chi connectivity index (χ0n) is 11.1. The van der Waals surface area contributed by atoms with Gasteiger partial charge in [-0.05, 0) is 24.8 Å². The van der Waals surface area contributed by atoms with E-state index in [1.54, 1.807) is 6.92 Å². The first kappa shape index (κ1) is 15.3. The average molecular weight is 332 g/mol. The Morgan fingerprint density at radius 1 is 1.57 bits per heavy atom. The summed E-state index contributed by atoms with van der Waals surface area (Å²) in [6.07, 6.45) is 0. The third-order valence-corrected chi connectivity index (χ3v) is 5.09. The van der Waals surface area contributed by atoms with Crippen LogP contribution in [0.2, 0.25) is 0 Å². The molecule has 0 fully saturated rings. The molecule has 0 saturated heterocycles. The number of hydrogen-bond acceptors (Lipinski definition) is 7. The number of hydrogen-bond donors (Lipinski definition) is 3. The second-order valence-electron chi connectivity index (χ2n) is 3.89. The number of nitrogens with zero attached hydrogens (tertiary/aromatic N) is 2. The van der Waals surface area contributed by atoms with E-state index in [-0.39, 0.29) is 21.7 Å². The Kier molecular flexibility index (Phi) is 4.14. The molecule has 114 valence electrons. The number of aryl methyl sites for hydroxylation is 1. The molecule has 0 aromatic carbocycles. The van der Waals surface area contributed by atoms with Crippen LogP contribution < -0.4 is 9.46 Å². The van der Waals surface area contributed by atoms with Crippen LogP contribution in [0.3, 0.4) is 0 Å². The van der Waals surface area contributed by atoms with Gasteiger partial charge in [-0.1, -0.05) is 0 Å². The van der Waals surface area contributed by atoms with Crippen molar-refractivity contribution >= 4 is 33.3 Å². The summed E-state index contributed by atoms with van der Waals surface area (Å²) in [6, 6.07) is -0.00398. The number of nitrogens with one attached hydrogen (secondary N) is 2. The normalized spacial score (nSPS) is 11.3. The monoisotopic (exact) mass is 332 g/mol. The average Bonchev–Trinajstić information content (AvgIpc) is 2.96. The van der Waals surface area contributed by atoms with Gasteiger partial charge in [0.1, 0.15) is 9.77 Å². The van der Waals surface area contributed by atoms with E-state index in [4.69, 9.17) is 9.84 Å². The molecule has 0 amide bonds. The minimum absolute atomic E-state index is 0.00398. The summed E-state index contributed by atoms with van der Waals surface area (Å²) in [7, 11) is -4.09. The van der Waals surface area contributed by atoms with Gasteiger partial charge in [-0.3, -0.25) is 0 Å². The minimum atomic E-state index is -4.09. The van der Waals surface area contributed by atoms with Gasteiger partial charge in [0.2, 0.25) is 5.95 Å². The van der Waals surface area contributed by atoms with Crippen LogP contribution in [0.15, 0.2) is 10.3 Å². The molecule has 2 rings (SSSR count). The first-order chi connectivity index (χ1) is 9.85. The van der Waals surface area contributed by atoms with E-state index in [2.05, 4.69) is 19.9 Å². The SMILES string of the molecule is CCOc1n[nH]c(NS(=O)(=O)c2c(C)csc2C(=O)O)n1. The number of carboxylic acid groups (broad SMARTS) is 1. The molecule has 0 radical (unpaired) electrons. The van der Waals surface area contributed by atoms with Crippen LogP contribution in [-0.2, 0) is 10.0 Å². The molecular formula is C10H12N4O5S2. The lowest BCUT2D eigenvalue weighted by molar-refractivity contribution is 0.0698. The van der Waals surface area contributed by atoms with E-state index in [9.17, 15) is 13.2 Å². The maximum absolute atomic E-state index is 12.3. The summed E-state index contributed by atoms with van der Waals surface area (Å²) in [5, 5.41) is 16.5. The number of aromatic nitrogens is 3. The largest absolute Gasteiger partial charge is 0.477 e. The van der Waals surface area contributed by atoms with Gasteiger partial charge in [0.15, 0.2) is 0 Å². The molecule has 3 N–H and O–H groups in total. The molecule has 2 heterocycles. The van der Waals surface area contributed by atoms with Crippen molar-refractivity contribution in [1.82, 2.24) is 15.2 Å². The predicted molar refractivity (Wildman–Crippen MR) is 74.4 cm³/mol. The van der Waals surface area contributed by atoms with Gasteiger partial charge in [-0.2, -0.15) is 4.98 Å². The number of anilines is 1. The minimum Gasteiger partial charge on any atom is -0.477 e. The van der Waals surface area contributed by atoms with Crippen molar-refractivity contribution in [2.75, 3.05) is 11.3 Å². The number of rotatable bonds is 6. The van der Waals surface area contributed by atoms with E-state index in [1.807, 2.05) is 0 Å². The molecule has 0 aliphatic carbocycles. The Morgan fingerprint density at radius 3 is 2.90 bits per heavy atom. The Balaban J connectivity index is 2.34. The summed E-state index contributed by atoms with van der Waals surface area (Å²) in [5.74, 6) is -1.46. The van der Waals surface area contributed by atoms with Crippen molar-refractivity contribution < 1.29 is 23.1 Å². The highest BCUT2D eigenvalue weighted by atomic mass is 32.2. The second-order valence-corrected chi connectivity index (χ2v) is 6.39. The molecule has 0 saturated carbocycles. The Labute approximate surface area is 124 Å². The Bertz CT molecular complexity index is 764. The number of thiophene rings is 1. The Hall–Kier alpha value is -2.14. The molecule has 0 unspecified atom stereocenters. The van der Waals surface area contributed by atoms with Gasteiger partial charge >= 0.3 is 12.0 Å². The number of H-pyrrole nitrogens is 1. The van der Waals surface area contributed by atoms with Crippen LogP contribution in [0.5, 0.6) is 6.01 Å². The van der Waals surface area contributed by atoms with Crippen LogP contribution in [0.25, 0.3) is 0 Å². The maximum Gasteiger partial charge on any atom is 0.347 e. The first-order valence-electron chi connectivity index (χ1n) is 5.74. The third-order valence-electron chi connectivity index (χ3n) is 2.35. The van der Waals surface area contributed by atoms with Crippen LogP contribution >= 0.6 is 11.3 Å². The van der Waals surface area contributed by atoms with Crippen molar-refractivity contribution in [1.29, 1.82) is 0 Å². The van der Waals surface area contributed by atoms with E-state index in [0.717, 1.165) is 11.3 Å². The molecule has 2 aromatic rings. The van der Waals surface area contributed by atoms with Gasteiger partial charge in [-0.25, -0.2) is 23.0 Å². The van der Waals surface area contributed by atoms with Gasteiger partial charge in [0.05, 0.1) is 6.61 Å². The third kappa shape index (κ3) is 3.13.